The quantitative estimate of drug-likeness (QED) is 0.738. The van der Waals surface area contributed by atoms with E-state index in [-0.39, 0.29) is 6.54 Å². The first kappa shape index (κ1) is 20.3. The predicted octanol–water partition coefficient (Wildman–Crippen LogP) is 2.60. The van der Waals surface area contributed by atoms with Crippen molar-refractivity contribution in [2.45, 2.75) is 32.4 Å². The van der Waals surface area contributed by atoms with Crippen LogP contribution in [-0.4, -0.2) is 34.0 Å². The third-order valence-electron chi connectivity index (χ3n) is 5.41. The van der Waals surface area contributed by atoms with Gasteiger partial charge < -0.3 is 5.32 Å². The number of nitrogens with one attached hydrogen (secondary N) is 2. The zero-order valence-corrected chi connectivity index (χ0v) is 17.3. The molecular weight excluding hydrogens is 399 g/mol. The number of hydrazine groups is 1. The number of amides is 3. The minimum Gasteiger partial charge on any atom is -0.322 e. The Hall–Kier alpha value is -3.93. The van der Waals surface area contributed by atoms with Crippen molar-refractivity contribution in [3.8, 4) is 6.07 Å². The van der Waals surface area contributed by atoms with Crippen molar-refractivity contribution in [2.75, 3.05) is 11.6 Å². The number of benzene rings is 1. The van der Waals surface area contributed by atoms with Crippen LogP contribution < -0.4 is 15.6 Å². The van der Waals surface area contributed by atoms with Crippen LogP contribution in [0.4, 0.5) is 14.9 Å². The molecule has 2 N–H and O–H groups in total. The van der Waals surface area contributed by atoms with Gasteiger partial charge in [0, 0.05) is 17.5 Å². The smallest absolute Gasteiger partial charge is 0.322 e. The number of nitriles is 1. The molecule has 31 heavy (non-hydrogen) atoms. The molecule has 0 saturated carbocycles. The van der Waals surface area contributed by atoms with Crippen molar-refractivity contribution in [3.63, 3.8) is 0 Å². The van der Waals surface area contributed by atoms with Gasteiger partial charge in [-0.2, -0.15) is 5.26 Å². The molecule has 1 fully saturated rings. The summed E-state index contributed by atoms with van der Waals surface area (Å²) in [5, 5.41) is 17.8. The monoisotopic (exact) mass is 420 g/mol. The Morgan fingerprint density at radius 2 is 2.06 bits per heavy atom. The molecule has 158 valence electrons. The van der Waals surface area contributed by atoms with E-state index >= 15 is 4.39 Å². The van der Waals surface area contributed by atoms with Crippen molar-refractivity contribution in [1.82, 2.24) is 20.6 Å². The molecule has 2 atom stereocenters. The summed E-state index contributed by atoms with van der Waals surface area (Å²) >= 11 is 0. The number of hydrogen-bond donors (Lipinski definition) is 2. The lowest BCUT2D eigenvalue weighted by Gasteiger charge is -2.39. The van der Waals surface area contributed by atoms with Crippen molar-refractivity contribution >= 4 is 17.6 Å². The van der Waals surface area contributed by atoms with Crippen LogP contribution in [0.1, 0.15) is 35.5 Å². The summed E-state index contributed by atoms with van der Waals surface area (Å²) in [4.78, 5) is 28.2. The second kappa shape index (κ2) is 7.40. The van der Waals surface area contributed by atoms with E-state index in [9.17, 15) is 14.9 Å². The summed E-state index contributed by atoms with van der Waals surface area (Å²) in [6.45, 7) is 5.15. The average Bonchev–Trinajstić information content (AvgIpc) is 3.24. The second-order valence-electron chi connectivity index (χ2n) is 7.88. The van der Waals surface area contributed by atoms with Gasteiger partial charge in [0.1, 0.15) is 11.4 Å². The number of nitrogens with zero attached hydrogens (tertiary/aromatic N) is 4. The Labute approximate surface area is 178 Å². The van der Waals surface area contributed by atoms with E-state index in [0.717, 1.165) is 0 Å². The summed E-state index contributed by atoms with van der Waals surface area (Å²) in [5.41, 5.74) is 1.32. The lowest BCUT2D eigenvalue weighted by atomic mass is 10.0. The molecule has 2 unspecified atom stereocenters. The number of rotatable bonds is 4. The van der Waals surface area contributed by atoms with E-state index in [2.05, 4.69) is 21.7 Å². The van der Waals surface area contributed by atoms with Crippen molar-refractivity contribution < 1.29 is 14.0 Å². The minimum absolute atomic E-state index is 0.110. The number of aromatic nitrogens is 1. The van der Waals surface area contributed by atoms with Gasteiger partial charge in [-0.1, -0.05) is 6.07 Å². The van der Waals surface area contributed by atoms with Gasteiger partial charge in [-0.25, -0.2) is 9.18 Å². The highest BCUT2D eigenvalue weighted by Crippen LogP contribution is 2.37. The number of halogens is 1. The first-order valence-corrected chi connectivity index (χ1v) is 9.73. The molecule has 3 heterocycles. The van der Waals surface area contributed by atoms with E-state index in [1.54, 1.807) is 61.3 Å². The standard InChI is InChI=1S/C22H21FN6O2/c1-13-9-17(19(23)14(2)25-13)18-7-8-28(12-22(3)20(30)26-21(31)27-22)29(18)16-6-4-5-15(10-16)11-24/h4-10,18H,12H2,1-3H3,(H2,26,27,30,31). The fourth-order valence-corrected chi connectivity index (χ4v) is 3.96. The fraction of sp³-hybridized carbons (Fsp3) is 0.273. The van der Waals surface area contributed by atoms with E-state index in [1.165, 1.54) is 0 Å². The summed E-state index contributed by atoms with van der Waals surface area (Å²) in [5.74, 6) is -0.858. The molecule has 3 amide bonds. The Kier molecular flexibility index (Phi) is 4.85. The SMILES string of the molecule is Cc1cc(C2C=CN(CC3(C)NC(=O)NC3=O)N2c2cccc(C#N)c2)c(F)c(C)n1. The van der Waals surface area contributed by atoms with Gasteiger partial charge in [-0.05, 0) is 51.1 Å². The molecule has 2 aromatic rings. The highest BCUT2D eigenvalue weighted by atomic mass is 19.1. The molecule has 2 aliphatic rings. The number of pyridine rings is 1. The molecule has 0 radical (unpaired) electrons. The number of imide groups is 1. The number of carbonyl (C=O) groups is 2. The molecular formula is C22H21FN6O2. The number of carbonyl (C=O) groups excluding carboxylic acids is 2. The molecule has 1 saturated heterocycles. The second-order valence-corrected chi connectivity index (χ2v) is 7.88. The van der Waals surface area contributed by atoms with Gasteiger partial charge in [-0.15, -0.1) is 0 Å². The normalized spacial score (nSPS) is 22.5. The Bertz CT molecular complexity index is 1160. The van der Waals surface area contributed by atoms with Crippen molar-refractivity contribution in [3.05, 3.63) is 70.9 Å². The molecule has 1 aromatic carbocycles. The van der Waals surface area contributed by atoms with Crippen LogP contribution in [0, 0.1) is 31.0 Å². The van der Waals surface area contributed by atoms with Gasteiger partial charge in [0.05, 0.1) is 35.6 Å². The van der Waals surface area contributed by atoms with Crippen molar-refractivity contribution in [2.24, 2.45) is 0 Å². The summed E-state index contributed by atoms with van der Waals surface area (Å²) in [6, 6.07) is 9.64. The van der Waals surface area contributed by atoms with Crippen LogP contribution >= 0.6 is 0 Å². The zero-order chi connectivity index (χ0) is 22.3. The summed E-state index contributed by atoms with van der Waals surface area (Å²) in [6.07, 6.45) is 3.56. The van der Waals surface area contributed by atoms with Gasteiger partial charge in [-0.3, -0.25) is 25.1 Å². The maximum atomic E-state index is 15.1. The molecule has 0 spiro atoms. The zero-order valence-electron chi connectivity index (χ0n) is 17.3. The topological polar surface area (TPSA) is 101 Å². The van der Waals surface area contributed by atoms with E-state index < -0.39 is 29.3 Å². The Morgan fingerprint density at radius 3 is 2.74 bits per heavy atom. The predicted molar refractivity (Wildman–Crippen MR) is 111 cm³/mol. The van der Waals surface area contributed by atoms with E-state index in [4.69, 9.17) is 0 Å². The minimum atomic E-state index is -1.18. The molecule has 0 aliphatic carbocycles. The lowest BCUT2D eigenvalue weighted by Crippen LogP contribution is -2.55. The third-order valence-corrected chi connectivity index (χ3v) is 5.41. The van der Waals surface area contributed by atoms with Gasteiger partial charge in [0.15, 0.2) is 0 Å². The molecule has 8 nitrogen and oxygen atoms in total. The molecule has 2 aliphatic heterocycles. The number of aryl methyl sites for hydroxylation is 2. The largest absolute Gasteiger partial charge is 0.322 e. The van der Waals surface area contributed by atoms with Crippen LogP contribution in [0.25, 0.3) is 0 Å². The van der Waals surface area contributed by atoms with Crippen LogP contribution in [-0.2, 0) is 4.79 Å². The lowest BCUT2D eigenvalue weighted by molar-refractivity contribution is -0.123. The van der Waals surface area contributed by atoms with Gasteiger partial charge in [0.2, 0.25) is 0 Å². The fourth-order valence-electron chi connectivity index (χ4n) is 3.96. The highest BCUT2D eigenvalue weighted by Gasteiger charge is 2.45. The van der Waals surface area contributed by atoms with Crippen LogP contribution in [0.5, 0.6) is 0 Å². The Balaban J connectivity index is 1.78. The molecule has 0 bridgehead atoms. The van der Waals surface area contributed by atoms with Crippen LogP contribution in [0.15, 0.2) is 42.6 Å². The molecule has 4 rings (SSSR count). The Morgan fingerprint density at radius 1 is 1.29 bits per heavy atom. The summed E-state index contributed by atoms with van der Waals surface area (Å²) < 4.78 is 15.1. The first-order valence-electron chi connectivity index (χ1n) is 9.73. The van der Waals surface area contributed by atoms with Gasteiger partial charge in [0.25, 0.3) is 5.91 Å². The van der Waals surface area contributed by atoms with Crippen molar-refractivity contribution in [1.29, 1.82) is 5.26 Å². The van der Waals surface area contributed by atoms with Crippen LogP contribution in [0.3, 0.4) is 0 Å². The first-order chi connectivity index (χ1) is 14.7. The average molecular weight is 420 g/mol. The molecule has 9 heteroatoms. The summed E-state index contributed by atoms with van der Waals surface area (Å²) in [7, 11) is 0. The maximum absolute atomic E-state index is 15.1. The number of hydrogen-bond acceptors (Lipinski definition) is 6. The number of urea groups is 1. The van der Waals surface area contributed by atoms with Gasteiger partial charge >= 0.3 is 6.03 Å². The van der Waals surface area contributed by atoms with E-state index in [0.29, 0.717) is 28.2 Å². The maximum Gasteiger partial charge on any atom is 0.322 e. The van der Waals surface area contributed by atoms with E-state index in [1.807, 2.05) is 12.1 Å². The molecule has 1 aromatic heterocycles. The highest BCUT2D eigenvalue weighted by molar-refractivity contribution is 6.06. The number of anilines is 1. The third kappa shape index (κ3) is 3.57. The van der Waals surface area contributed by atoms with Crippen LogP contribution in [0.2, 0.25) is 0 Å².